The van der Waals surface area contributed by atoms with E-state index in [0.717, 1.165) is 33.1 Å². The van der Waals surface area contributed by atoms with Crippen LogP contribution < -0.4 is 5.32 Å². The molecule has 0 amide bonds. The zero-order chi connectivity index (χ0) is 13.8. The first kappa shape index (κ1) is 19.7. The molecular weight excluding hydrogens is 307 g/mol. The zero-order valence-electron chi connectivity index (χ0n) is 10.1. The Kier molecular flexibility index (Phi) is 8.57. The number of nitrogens with one attached hydrogen (secondary N) is 1. The fourth-order valence-corrected chi connectivity index (χ4v) is 3.32. The summed E-state index contributed by atoms with van der Waals surface area (Å²) in [4.78, 5) is 2.00. The van der Waals surface area contributed by atoms with Crippen molar-refractivity contribution in [3.05, 3.63) is 0 Å². The molecule has 0 radical (unpaired) electrons. The van der Waals surface area contributed by atoms with Gasteiger partial charge < -0.3 is 5.32 Å². The van der Waals surface area contributed by atoms with Crippen LogP contribution in [-0.2, 0) is 24.4 Å². The first-order valence-corrected chi connectivity index (χ1v) is 8.48. The van der Waals surface area contributed by atoms with Crippen molar-refractivity contribution in [1.29, 1.82) is 0 Å². The summed E-state index contributed by atoms with van der Waals surface area (Å²) < 4.78 is 55.6. The van der Waals surface area contributed by atoms with Gasteiger partial charge in [-0.1, -0.05) is 0 Å². The van der Waals surface area contributed by atoms with E-state index in [1.54, 1.807) is 0 Å². The second kappa shape index (κ2) is 8.25. The van der Waals surface area contributed by atoms with Crippen LogP contribution in [0.15, 0.2) is 0 Å². The Morgan fingerprint density at radius 2 is 1.79 bits per heavy atom. The molecule has 1 rings (SSSR count). The van der Waals surface area contributed by atoms with E-state index in [1.807, 2.05) is 4.90 Å². The average Bonchev–Trinajstić information content (AvgIpc) is 2.28. The van der Waals surface area contributed by atoms with Crippen molar-refractivity contribution in [3.63, 3.8) is 0 Å². The molecule has 1 heterocycles. The van der Waals surface area contributed by atoms with Crippen LogP contribution in [0.25, 0.3) is 0 Å². The summed E-state index contributed by atoms with van der Waals surface area (Å²) in [5, 5.41) is 3.15. The summed E-state index contributed by atoms with van der Waals surface area (Å²) in [7, 11) is -8.95. The Labute approximate surface area is 136 Å². The fraction of sp³-hybridized carbons (Fsp3) is 1.00. The van der Waals surface area contributed by atoms with Gasteiger partial charge in [-0.3, -0.25) is 13.6 Å². The summed E-state index contributed by atoms with van der Waals surface area (Å²) in [6, 6.07) is 0. The second-order valence-electron chi connectivity index (χ2n) is 3.99. The second-order valence-corrected chi connectivity index (χ2v) is 7.95. The van der Waals surface area contributed by atoms with E-state index in [2.05, 4.69) is 9.50 Å². The first-order chi connectivity index (χ1) is 8.23. The summed E-state index contributed by atoms with van der Waals surface area (Å²) in [6.07, 6.45) is 0. The van der Waals surface area contributed by atoms with Gasteiger partial charge in [0, 0.05) is 32.7 Å². The third-order valence-electron chi connectivity index (χ3n) is 2.69. The van der Waals surface area contributed by atoms with E-state index in [4.69, 9.17) is 4.55 Å². The molecule has 8 nitrogen and oxygen atoms in total. The SMILES string of the molecule is CC(S(=O)(=O)O)S(=O)(=O)OCCN1CCNCC1.[NaH]. The molecule has 1 aliphatic heterocycles. The van der Waals surface area contributed by atoms with Gasteiger partial charge in [-0.15, -0.1) is 0 Å². The van der Waals surface area contributed by atoms with Crippen molar-refractivity contribution in [2.75, 3.05) is 39.3 Å². The molecule has 1 fully saturated rings. The first-order valence-electron chi connectivity index (χ1n) is 5.51. The average molecular weight is 326 g/mol. The molecule has 0 aliphatic carbocycles. The van der Waals surface area contributed by atoms with Crippen molar-refractivity contribution in [2.24, 2.45) is 0 Å². The Morgan fingerprint density at radius 1 is 1.26 bits per heavy atom. The fourth-order valence-electron chi connectivity index (χ4n) is 1.46. The van der Waals surface area contributed by atoms with Crippen LogP contribution >= 0.6 is 0 Å². The molecule has 0 aromatic heterocycles. The third-order valence-corrected chi connectivity index (χ3v) is 6.27. The predicted octanol–water partition coefficient (Wildman–Crippen LogP) is -2.18. The molecule has 1 unspecified atom stereocenters. The monoisotopic (exact) mass is 326 g/mol. The molecule has 110 valence electrons. The Morgan fingerprint density at radius 3 is 2.26 bits per heavy atom. The summed E-state index contributed by atoms with van der Waals surface area (Å²) in [5.41, 5.74) is 0. The Balaban J connectivity index is 0.00000324. The summed E-state index contributed by atoms with van der Waals surface area (Å²) in [6.45, 7) is 4.38. The van der Waals surface area contributed by atoms with E-state index in [9.17, 15) is 16.8 Å². The molecule has 1 aliphatic rings. The summed E-state index contributed by atoms with van der Waals surface area (Å²) in [5.74, 6) is 0. The molecule has 11 heteroatoms. The van der Waals surface area contributed by atoms with Crippen LogP contribution in [0.5, 0.6) is 0 Å². The van der Waals surface area contributed by atoms with E-state index in [1.165, 1.54) is 0 Å². The number of nitrogens with zero attached hydrogens (tertiary/aromatic N) is 1. The van der Waals surface area contributed by atoms with Crippen molar-refractivity contribution >= 4 is 49.8 Å². The van der Waals surface area contributed by atoms with E-state index in [0.29, 0.717) is 6.54 Å². The molecule has 19 heavy (non-hydrogen) atoms. The molecule has 0 bridgehead atoms. The third kappa shape index (κ3) is 6.82. The van der Waals surface area contributed by atoms with Gasteiger partial charge >= 0.3 is 29.6 Å². The van der Waals surface area contributed by atoms with Gasteiger partial charge in [-0.05, 0) is 6.92 Å². The topological polar surface area (TPSA) is 113 Å². The molecule has 2 N–H and O–H groups in total. The maximum absolute atomic E-state index is 11.4. The quantitative estimate of drug-likeness (QED) is 0.322. The Hall–Kier alpha value is 0.740. The molecule has 1 saturated heterocycles. The van der Waals surface area contributed by atoms with E-state index in [-0.39, 0.29) is 36.2 Å². The molecule has 0 aromatic rings. The zero-order valence-corrected chi connectivity index (χ0v) is 11.7. The molecule has 0 saturated carbocycles. The van der Waals surface area contributed by atoms with Gasteiger partial charge in [0.25, 0.3) is 20.2 Å². The number of hydrogen-bond acceptors (Lipinski definition) is 7. The molecule has 0 spiro atoms. The normalized spacial score (nSPS) is 19.7. The molecule has 1 atom stereocenters. The van der Waals surface area contributed by atoms with Crippen LogP contribution in [-0.4, -0.2) is 99.8 Å². The number of piperazine rings is 1. The van der Waals surface area contributed by atoms with Gasteiger partial charge in [0.15, 0.2) is 0 Å². The van der Waals surface area contributed by atoms with Crippen molar-refractivity contribution in [1.82, 2.24) is 10.2 Å². The van der Waals surface area contributed by atoms with Gasteiger partial charge in [0.05, 0.1) is 6.61 Å². The van der Waals surface area contributed by atoms with Gasteiger partial charge in [0.2, 0.25) is 4.58 Å². The van der Waals surface area contributed by atoms with Crippen LogP contribution in [0.1, 0.15) is 6.92 Å². The van der Waals surface area contributed by atoms with Crippen LogP contribution in [0.4, 0.5) is 0 Å². The maximum atomic E-state index is 11.4. The van der Waals surface area contributed by atoms with Crippen LogP contribution in [0.3, 0.4) is 0 Å². The van der Waals surface area contributed by atoms with Gasteiger partial charge in [0.1, 0.15) is 0 Å². The minimum absolute atomic E-state index is 0. The molecule has 0 aromatic carbocycles. The van der Waals surface area contributed by atoms with Gasteiger partial charge in [-0.2, -0.15) is 16.8 Å². The minimum atomic E-state index is -4.65. The number of hydrogen-bond donors (Lipinski definition) is 2. The standard InChI is InChI=1S/C8H18N2O6S2.Na.H/c1-8(17(11,12)13)18(14,15)16-7-6-10-4-2-9-3-5-10;;/h8-9H,2-7H2,1H3,(H,11,12,13);;. The van der Waals surface area contributed by atoms with Crippen molar-refractivity contribution < 1.29 is 25.6 Å². The molecular formula is C8H19N2NaO6S2. The van der Waals surface area contributed by atoms with Gasteiger partial charge in [-0.25, -0.2) is 0 Å². The van der Waals surface area contributed by atoms with E-state index >= 15 is 0 Å². The van der Waals surface area contributed by atoms with Crippen molar-refractivity contribution in [2.45, 2.75) is 11.5 Å². The summed E-state index contributed by atoms with van der Waals surface area (Å²) >= 11 is 0. The Bertz CT molecular complexity index is 460. The van der Waals surface area contributed by atoms with Crippen molar-refractivity contribution in [3.8, 4) is 0 Å². The van der Waals surface area contributed by atoms with E-state index < -0.39 is 24.8 Å². The number of rotatable bonds is 6. The predicted molar refractivity (Wildman–Crippen MR) is 72.3 cm³/mol. The van der Waals surface area contributed by atoms with Crippen LogP contribution in [0, 0.1) is 0 Å². The van der Waals surface area contributed by atoms with Crippen LogP contribution in [0.2, 0.25) is 0 Å².